The molecule has 0 radical (unpaired) electrons. The van der Waals surface area contributed by atoms with E-state index >= 15 is 0 Å². The smallest absolute Gasteiger partial charge is 0.417 e. The highest BCUT2D eigenvalue weighted by molar-refractivity contribution is 7.16. The highest BCUT2D eigenvalue weighted by atomic mass is 32.1. The topological polar surface area (TPSA) is 51.1 Å². The Morgan fingerprint density at radius 1 is 1.16 bits per heavy atom. The SMILES string of the molecule is FC(F)(F)c1ccc(OC2CCN(c3ncnc4sccc34)C2)nc1. The van der Waals surface area contributed by atoms with Crippen molar-refractivity contribution >= 4 is 27.4 Å². The molecule has 0 spiro atoms. The van der Waals surface area contributed by atoms with E-state index in [-0.39, 0.29) is 12.0 Å². The maximum atomic E-state index is 12.6. The lowest BCUT2D eigenvalue weighted by Crippen LogP contribution is -2.25. The number of aromatic nitrogens is 3. The Morgan fingerprint density at radius 2 is 2.04 bits per heavy atom. The minimum Gasteiger partial charge on any atom is -0.472 e. The summed E-state index contributed by atoms with van der Waals surface area (Å²) in [6, 6.07) is 4.22. The number of anilines is 1. The van der Waals surface area contributed by atoms with Crippen LogP contribution in [0, 0.1) is 0 Å². The second-order valence-corrected chi connectivity index (χ2v) is 6.59. The van der Waals surface area contributed by atoms with E-state index in [1.54, 1.807) is 17.7 Å². The van der Waals surface area contributed by atoms with Crippen LogP contribution >= 0.6 is 11.3 Å². The van der Waals surface area contributed by atoms with Gasteiger partial charge in [-0.05, 0) is 17.5 Å². The summed E-state index contributed by atoms with van der Waals surface area (Å²) in [4.78, 5) is 15.4. The molecule has 1 fully saturated rings. The molecule has 0 bridgehead atoms. The van der Waals surface area contributed by atoms with E-state index in [9.17, 15) is 13.2 Å². The molecule has 0 aromatic carbocycles. The number of alkyl halides is 3. The van der Waals surface area contributed by atoms with Crippen molar-refractivity contribution in [2.45, 2.75) is 18.7 Å². The predicted octanol–water partition coefficient (Wildman–Crippen LogP) is 3.76. The Kier molecular flexibility index (Phi) is 3.95. The molecule has 3 aromatic heterocycles. The van der Waals surface area contributed by atoms with E-state index in [4.69, 9.17) is 4.74 Å². The first-order chi connectivity index (χ1) is 12.0. The van der Waals surface area contributed by atoms with Crippen molar-refractivity contribution in [1.82, 2.24) is 15.0 Å². The fourth-order valence-electron chi connectivity index (χ4n) is 2.83. The van der Waals surface area contributed by atoms with Gasteiger partial charge in [-0.2, -0.15) is 13.2 Å². The molecule has 0 amide bonds. The van der Waals surface area contributed by atoms with E-state index in [0.717, 1.165) is 41.3 Å². The normalized spacial score (nSPS) is 18.0. The maximum absolute atomic E-state index is 12.6. The van der Waals surface area contributed by atoms with Gasteiger partial charge >= 0.3 is 6.18 Å². The number of ether oxygens (including phenoxy) is 1. The summed E-state index contributed by atoms with van der Waals surface area (Å²) < 4.78 is 43.4. The minimum absolute atomic E-state index is 0.145. The molecule has 1 aliphatic heterocycles. The fourth-order valence-corrected chi connectivity index (χ4v) is 3.56. The number of hydrogen-bond acceptors (Lipinski definition) is 6. The summed E-state index contributed by atoms with van der Waals surface area (Å²) >= 11 is 1.56. The van der Waals surface area contributed by atoms with Gasteiger partial charge in [-0.25, -0.2) is 15.0 Å². The standard InChI is InChI=1S/C16H13F3N4OS/c17-16(18,19)10-1-2-13(20-7-10)24-11-3-5-23(8-11)14-12-4-6-25-15(12)22-9-21-14/h1-2,4,6-7,9,11H,3,5,8H2. The lowest BCUT2D eigenvalue weighted by molar-refractivity contribution is -0.137. The van der Waals surface area contributed by atoms with Crippen LogP contribution in [0.1, 0.15) is 12.0 Å². The average molecular weight is 366 g/mol. The second kappa shape index (κ2) is 6.14. The molecule has 1 unspecified atom stereocenters. The van der Waals surface area contributed by atoms with Crippen LogP contribution in [0.15, 0.2) is 36.1 Å². The van der Waals surface area contributed by atoms with Crippen LogP contribution in [-0.4, -0.2) is 34.1 Å². The molecular weight excluding hydrogens is 353 g/mol. The van der Waals surface area contributed by atoms with Gasteiger partial charge in [-0.3, -0.25) is 0 Å². The van der Waals surface area contributed by atoms with Crippen LogP contribution in [0.4, 0.5) is 19.0 Å². The number of thiophene rings is 1. The molecule has 4 rings (SSSR count). The third-order valence-corrected chi connectivity index (χ3v) is 4.86. The summed E-state index contributed by atoms with van der Waals surface area (Å²) in [6.45, 7) is 1.36. The van der Waals surface area contributed by atoms with Gasteiger partial charge in [-0.15, -0.1) is 11.3 Å². The fraction of sp³-hybridized carbons (Fsp3) is 0.312. The van der Waals surface area contributed by atoms with Crippen LogP contribution in [0.25, 0.3) is 10.2 Å². The number of rotatable bonds is 3. The molecule has 25 heavy (non-hydrogen) atoms. The Morgan fingerprint density at radius 3 is 2.80 bits per heavy atom. The number of fused-ring (bicyclic) bond motifs is 1. The van der Waals surface area contributed by atoms with E-state index < -0.39 is 11.7 Å². The Hall–Kier alpha value is -2.42. The lowest BCUT2D eigenvalue weighted by Gasteiger charge is -2.18. The zero-order valence-electron chi connectivity index (χ0n) is 12.9. The van der Waals surface area contributed by atoms with Gasteiger partial charge in [0.1, 0.15) is 23.1 Å². The van der Waals surface area contributed by atoms with E-state index in [1.807, 2.05) is 11.4 Å². The van der Waals surface area contributed by atoms with Crippen LogP contribution < -0.4 is 9.64 Å². The van der Waals surface area contributed by atoms with Crippen LogP contribution in [0.5, 0.6) is 5.88 Å². The summed E-state index contributed by atoms with van der Waals surface area (Å²) in [6.07, 6.45) is -1.46. The zero-order chi connectivity index (χ0) is 17.4. The predicted molar refractivity (Wildman–Crippen MR) is 87.9 cm³/mol. The highest BCUT2D eigenvalue weighted by Gasteiger charge is 2.31. The average Bonchev–Trinajstić information content (AvgIpc) is 3.23. The first-order valence-corrected chi connectivity index (χ1v) is 8.52. The second-order valence-electron chi connectivity index (χ2n) is 5.69. The van der Waals surface area contributed by atoms with Crippen molar-refractivity contribution in [3.05, 3.63) is 41.7 Å². The quantitative estimate of drug-likeness (QED) is 0.706. The number of halogens is 3. The molecule has 0 N–H and O–H groups in total. The summed E-state index contributed by atoms with van der Waals surface area (Å²) in [7, 11) is 0. The van der Waals surface area contributed by atoms with Crippen LogP contribution in [0.3, 0.4) is 0 Å². The first-order valence-electron chi connectivity index (χ1n) is 7.64. The molecule has 9 heteroatoms. The van der Waals surface area contributed by atoms with Gasteiger partial charge in [0.05, 0.1) is 17.5 Å². The molecule has 4 heterocycles. The van der Waals surface area contributed by atoms with Gasteiger partial charge in [0, 0.05) is 25.2 Å². The highest BCUT2D eigenvalue weighted by Crippen LogP contribution is 2.31. The molecule has 0 saturated carbocycles. The van der Waals surface area contributed by atoms with Crippen molar-refractivity contribution in [2.75, 3.05) is 18.0 Å². The minimum atomic E-state index is -4.39. The van der Waals surface area contributed by atoms with Gasteiger partial charge < -0.3 is 9.64 Å². The number of hydrogen-bond donors (Lipinski definition) is 0. The van der Waals surface area contributed by atoms with Gasteiger partial charge in [0.2, 0.25) is 5.88 Å². The Labute approximate surface area is 145 Å². The summed E-state index contributed by atoms with van der Waals surface area (Å²) in [5.74, 6) is 1.06. The van der Waals surface area contributed by atoms with Crippen LogP contribution in [-0.2, 0) is 6.18 Å². The van der Waals surface area contributed by atoms with Crippen molar-refractivity contribution < 1.29 is 17.9 Å². The number of pyridine rings is 1. The Balaban J connectivity index is 1.45. The third-order valence-electron chi connectivity index (χ3n) is 4.04. The molecule has 1 saturated heterocycles. The molecule has 1 atom stereocenters. The van der Waals surface area contributed by atoms with Gasteiger partial charge in [-0.1, -0.05) is 0 Å². The number of nitrogens with zero attached hydrogens (tertiary/aromatic N) is 4. The van der Waals surface area contributed by atoms with E-state index in [2.05, 4.69) is 19.9 Å². The van der Waals surface area contributed by atoms with Crippen molar-refractivity contribution in [1.29, 1.82) is 0 Å². The van der Waals surface area contributed by atoms with E-state index in [1.165, 1.54) is 6.07 Å². The Bertz CT molecular complexity index is 881. The monoisotopic (exact) mass is 366 g/mol. The van der Waals surface area contributed by atoms with Gasteiger partial charge in [0.25, 0.3) is 0 Å². The van der Waals surface area contributed by atoms with Crippen molar-refractivity contribution in [3.8, 4) is 5.88 Å². The molecule has 3 aromatic rings. The zero-order valence-corrected chi connectivity index (χ0v) is 13.7. The van der Waals surface area contributed by atoms with Gasteiger partial charge in [0.15, 0.2) is 0 Å². The maximum Gasteiger partial charge on any atom is 0.417 e. The van der Waals surface area contributed by atoms with Crippen molar-refractivity contribution in [3.63, 3.8) is 0 Å². The molecule has 1 aliphatic rings. The largest absolute Gasteiger partial charge is 0.472 e. The third kappa shape index (κ3) is 3.23. The lowest BCUT2D eigenvalue weighted by atomic mass is 10.3. The molecule has 130 valence electrons. The van der Waals surface area contributed by atoms with Crippen LogP contribution in [0.2, 0.25) is 0 Å². The van der Waals surface area contributed by atoms with Crippen molar-refractivity contribution in [2.24, 2.45) is 0 Å². The first kappa shape index (κ1) is 16.1. The summed E-state index contributed by atoms with van der Waals surface area (Å²) in [5, 5.41) is 2.97. The summed E-state index contributed by atoms with van der Waals surface area (Å²) in [5.41, 5.74) is -0.784. The molecule has 0 aliphatic carbocycles. The van der Waals surface area contributed by atoms with E-state index in [0.29, 0.717) is 6.54 Å². The molecular formula is C16H13F3N4OS. The molecule has 5 nitrogen and oxygen atoms in total.